The van der Waals surface area contributed by atoms with Crippen LogP contribution in [0.25, 0.3) is 11.2 Å². The Labute approximate surface area is 119 Å². The third-order valence-electron chi connectivity index (χ3n) is 4.29. The van der Waals surface area contributed by atoms with Crippen molar-refractivity contribution in [2.75, 3.05) is 0 Å². The Morgan fingerprint density at radius 1 is 1.32 bits per heavy atom. The van der Waals surface area contributed by atoms with E-state index in [4.69, 9.17) is 11.6 Å². The largest absolute Gasteiger partial charge is 0.308 e. The van der Waals surface area contributed by atoms with Crippen LogP contribution >= 0.6 is 11.6 Å². The van der Waals surface area contributed by atoms with Gasteiger partial charge in [-0.3, -0.25) is 0 Å². The fourth-order valence-electron chi connectivity index (χ4n) is 3.28. The van der Waals surface area contributed by atoms with E-state index in [9.17, 15) is 0 Å². The molecule has 2 unspecified atom stereocenters. The van der Waals surface area contributed by atoms with Crippen molar-refractivity contribution in [1.29, 1.82) is 0 Å². The lowest BCUT2D eigenvalue weighted by Gasteiger charge is -2.25. The molecule has 0 spiro atoms. The summed E-state index contributed by atoms with van der Waals surface area (Å²) < 4.78 is 2.30. The maximum Gasteiger partial charge on any atom is 0.160 e. The van der Waals surface area contributed by atoms with Gasteiger partial charge in [-0.2, -0.15) is 0 Å². The second-order valence-electron chi connectivity index (χ2n) is 5.56. The predicted molar refractivity (Wildman–Crippen MR) is 78.4 cm³/mol. The number of halogens is 1. The number of nitrogens with zero attached hydrogens (tertiary/aromatic N) is 3. The molecule has 4 heteroatoms. The molecule has 1 aliphatic rings. The molecule has 2 aromatic rings. The van der Waals surface area contributed by atoms with E-state index in [-0.39, 0.29) is 0 Å². The summed E-state index contributed by atoms with van der Waals surface area (Å²) in [6, 6.07) is 4.46. The Kier molecular flexibility index (Phi) is 3.74. The molecule has 1 fully saturated rings. The molecule has 19 heavy (non-hydrogen) atoms. The summed E-state index contributed by atoms with van der Waals surface area (Å²) in [4.78, 5) is 9.17. The van der Waals surface area contributed by atoms with E-state index in [0.717, 1.165) is 17.0 Å². The molecule has 3 rings (SSSR count). The number of hydrogen-bond donors (Lipinski definition) is 0. The molecule has 0 N–H and O–H groups in total. The van der Waals surface area contributed by atoms with Gasteiger partial charge in [0.2, 0.25) is 0 Å². The van der Waals surface area contributed by atoms with Crippen LogP contribution < -0.4 is 0 Å². The van der Waals surface area contributed by atoms with Gasteiger partial charge in [0.1, 0.15) is 11.3 Å². The van der Waals surface area contributed by atoms with Gasteiger partial charge in [-0.1, -0.05) is 26.2 Å². The zero-order valence-corrected chi connectivity index (χ0v) is 12.1. The molecule has 1 aliphatic carbocycles. The van der Waals surface area contributed by atoms with Crippen molar-refractivity contribution >= 4 is 22.8 Å². The maximum atomic E-state index is 6.10. The Morgan fingerprint density at radius 3 is 3.00 bits per heavy atom. The predicted octanol–water partition coefficient (Wildman–Crippen LogP) is 4.31. The molecule has 2 aromatic heterocycles. The van der Waals surface area contributed by atoms with Crippen LogP contribution in [0.2, 0.25) is 0 Å². The average molecular weight is 278 g/mol. The number of pyridine rings is 1. The summed E-state index contributed by atoms with van der Waals surface area (Å²) >= 11 is 6.10. The topological polar surface area (TPSA) is 30.7 Å². The first-order valence-electron chi connectivity index (χ1n) is 7.19. The van der Waals surface area contributed by atoms with E-state index in [1.165, 1.54) is 32.1 Å². The van der Waals surface area contributed by atoms with Crippen molar-refractivity contribution in [2.45, 2.75) is 50.9 Å². The van der Waals surface area contributed by atoms with E-state index in [0.29, 0.717) is 17.8 Å². The highest BCUT2D eigenvalue weighted by Crippen LogP contribution is 2.35. The van der Waals surface area contributed by atoms with Crippen LogP contribution in [-0.4, -0.2) is 14.5 Å². The highest BCUT2D eigenvalue weighted by molar-refractivity contribution is 6.16. The minimum Gasteiger partial charge on any atom is -0.308 e. The Bertz CT molecular complexity index is 564. The number of imidazole rings is 1. The summed E-state index contributed by atoms with van der Waals surface area (Å²) in [6.45, 7) is 2.35. The minimum absolute atomic E-state index is 0.458. The molecule has 102 valence electrons. The van der Waals surface area contributed by atoms with Gasteiger partial charge in [0, 0.05) is 12.2 Å². The van der Waals surface area contributed by atoms with Crippen LogP contribution in [0.4, 0.5) is 0 Å². The minimum atomic E-state index is 0.458. The van der Waals surface area contributed by atoms with Gasteiger partial charge in [-0.05, 0) is 30.9 Å². The van der Waals surface area contributed by atoms with Crippen LogP contribution in [0.15, 0.2) is 18.3 Å². The number of rotatable bonds is 2. The maximum absolute atomic E-state index is 6.10. The molecule has 0 radical (unpaired) electrons. The summed E-state index contributed by atoms with van der Waals surface area (Å²) in [5.74, 6) is 2.09. The molecule has 3 nitrogen and oxygen atoms in total. The molecular weight excluding hydrogens is 258 g/mol. The normalized spacial score (nSPS) is 24.5. The fraction of sp³-hybridized carbons (Fsp3) is 0.600. The number of hydrogen-bond acceptors (Lipinski definition) is 2. The molecule has 2 heterocycles. The quantitative estimate of drug-likeness (QED) is 0.605. The molecule has 0 saturated heterocycles. The van der Waals surface area contributed by atoms with E-state index in [1.807, 2.05) is 18.3 Å². The molecule has 0 amide bonds. The molecule has 2 atom stereocenters. The lowest BCUT2D eigenvalue weighted by Crippen LogP contribution is -2.18. The molecular formula is C15H20ClN3. The first-order chi connectivity index (χ1) is 9.31. The van der Waals surface area contributed by atoms with Crippen LogP contribution in [-0.2, 0) is 5.88 Å². The van der Waals surface area contributed by atoms with Crippen molar-refractivity contribution in [3.8, 4) is 0 Å². The van der Waals surface area contributed by atoms with Crippen molar-refractivity contribution in [1.82, 2.24) is 14.5 Å². The van der Waals surface area contributed by atoms with Crippen LogP contribution in [0.5, 0.6) is 0 Å². The van der Waals surface area contributed by atoms with Gasteiger partial charge in [0.05, 0.1) is 5.88 Å². The van der Waals surface area contributed by atoms with Crippen LogP contribution in [0, 0.1) is 5.92 Å². The Morgan fingerprint density at radius 2 is 2.16 bits per heavy atom. The van der Waals surface area contributed by atoms with Gasteiger partial charge in [-0.15, -0.1) is 11.6 Å². The van der Waals surface area contributed by atoms with Crippen molar-refractivity contribution in [3.63, 3.8) is 0 Å². The SMILES string of the molecule is CC1CCCCCC1n1c(CCl)nc2cccnc21. The number of aromatic nitrogens is 3. The summed E-state index contributed by atoms with van der Waals surface area (Å²) in [6.07, 6.45) is 8.33. The smallest absolute Gasteiger partial charge is 0.160 e. The van der Waals surface area contributed by atoms with E-state index < -0.39 is 0 Å². The number of fused-ring (bicyclic) bond motifs is 1. The fourth-order valence-corrected chi connectivity index (χ4v) is 3.46. The van der Waals surface area contributed by atoms with Crippen molar-refractivity contribution in [2.24, 2.45) is 5.92 Å². The average Bonchev–Trinajstić information content (AvgIpc) is 2.68. The number of alkyl halides is 1. The summed E-state index contributed by atoms with van der Waals surface area (Å²) in [7, 11) is 0. The van der Waals surface area contributed by atoms with Crippen LogP contribution in [0.1, 0.15) is 50.9 Å². The lowest BCUT2D eigenvalue weighted by molar-refractivity contribution is 0.334. The summed E-state index contributed by atoms with van der Waals surface area (Å²) in [5.41, 5.74) is 1.96. The Hall–Kier alpha value is -1.09. The Balaban J connectivity index is 2.11. The van der Waals surface area contributed by atoms with Gasteiger partial charge >= 0.3 is 0 Å². The second-order valence-corrected chi connectivity index (χ2v) is 5.83. The van der Waals surface area contributed by atoms with Crippen molar-refractivity contribution in [3.05, 3.63) is 24.2 Å². The zero-order valence-electron chi connectivity index (χ0n) is 11.3. The standard InChI is InChI=1S/C15H20ClN3/c1-11-6-3-2-4-8-13(11)19-14(10-16)18-12-7-5-9-17-15(12)19/h5,7,9,11,13H,2-4,6,8,10H2,1H3. The van der Waals surface area contributed by atoms with E-state index in [2.05, 4.69) is 21.5 Å². The molecule has 0 bridgehead atoms. The van der Waals surface area contributed by atoms with Crippen molar-refractivity contribution < 1.29 is 0 Å². The highest BCUT2D eigenvalue weighted by Gasteiger charge is 2.25. The third-order valence-corrected chi connectivity index (χ3v) is 4.53. The van der Waals surface area contributed by atoms with Crippen LogP contribution in [0.3, 0.4) is 0 Å². The highest BCUT2D eigenvalue weighted by atomic mass is 35.5. The van der Waals surface area contributed by atoms with Gasteiger partial charge in [0.25, 0.3) is 0 Å². The monoisotopic (exact) mass is 277 g/mol. The zero-order chi connectivity index (χ0) is 13.2. The lowest BCUT2D eigenvalue weighted by atomic mass is 9.96. The van der Waals surface area contributed by atoms with E-state index in [1.54, 1.807) is 0 Å². The molecule has 0 aliphatic heterocycles. The van der Waals surface area contributed by atoms with Gasteiger partial charge in [-0.25, -0.2) is 9.97 Å². The van der Waals surface area contributed by atoms with E-state index >= 15 is 0 Å². The van der Waals surface area contributed by atoms with Gasteiger partial charge < -0.3 is 4.57 Å². The van der Waals surface area contributed by atoms with Gasteiger partial charge in [0.15, 0.2) is 5.65 Å². The second kappa shape index (κ2) is 5.49. The molecule has 1 saturated carbocycles. The summed E-state index contributed by atoms with van der Waals surface area (Å²) in [5, 5.41) is 0. The first-order valence-corrected chi connectivity index (χ1v) is 7.72. The third kappa shape index (κ3) is 2.36. The molecule has 0 aromatic carbocycles. The first kappa shape index (κ1) is 12.9.